The van der Waals surface area contributed by atoms with E-state index in [0.29, 0.717) is 12.3 Å². The lowest BCUT2D eigenvalue weighted by atomic mass is 10.1. The minimum atomic E-state index is 0.160. The predicted molar refractivity (Wildman–Crippen MR) is 94.0 cm³/mol. The van der Waals surface area contributed by atoms with Gasteiger partial charge in [0.05, 0.1) is 5.70 Å². The topological polar surface area (TPSA) is 59.3 Å². The Morgan fingerprint density at radius 3 is 2.68 bits per heavy atom. The van der Waals surface area contributed by atoms with Crippen molar-refractivity contribution < 1.29 is 4.74 Å². The molecule has 0 bridgehead atoms. The molecule has 0 aliphatic carbocycles. The van der Waals surface area contributed by atoms with Gasteiger partial charge in [0.2, 0.25) is 0 Å². The summed E-state index contributed by atoms with van der Waals surface area (Å²) in [4.78, 5) is 0. The van der Waals surface area contributed by atoms with E-state index in [4.69, 9.17) is 22.7 Å². The summed E-state index contributed by atoms with van der Waals surface area (Å²) in [5.74, 6) is 0.777. The normalized spacial score (nSPS) is 9.86. The molecule has 2 aromatic carbocycles. The van der Waals surface area contributed by atoms with Crippen LogP contribution in [0, 0.1) is 6.92 Å². The molecule has 0 saturated carbocycles. The Kier molecular flexibility index (Phi) is 5.38. The average molecular weight is 313 g/mol. The lowest BCUT2D eigenvalue weighted by molar-refractivity contribution is 0.305. The molecule has 0 aromatic heterocycles. The quantitative estimate of drug-likeness (QED) is 0.565. The maximum absolute atomic E-state index is 5.85. The first kappa shape index (κ1) is 15.9. The summed E-state index contributed by atoms with van der Waals surface area (Å²) >= 11 is 4.74. The van der Waals surface area contributed by atoms with Crippen molar-refractivity contribution in [3.05, 3.63) is 71.8 Å². The second kappa shape index (κ2) is 7.47. The van der Waals surface area contributed by atoms with E-state index in [1.54, 1.807) is 0 Å². The van der Waals surface area contributed by atoms with Gasteiger partial charge in [0.1, 0.15) is 12.4 Å². The van der Waals surface area contributed by atoms with Crippen molar-refractivity contribution in [2.75, 3.05) is 0 Å². The molecule has 0 unspecified atom stereocenters. The fourth-order valence-corrected chi connectivity index (χ4v) is 1.97. The summed E-state index contributed by atoms with van der Waals surface area (Å²) in [5, 5.41) is 0.160. The first-order valence-electron chi connectivity index (χ1n) is 6.84. The largest absolute Gasteiger partial charge is 0.489 e. The number of rotatable bonds is 6. The second-order valence-electron chi connectivity index (χ2n) is 4.84. The second-order valence-corrected chi connectivity index (χ2v) is 5.28. The van der Waals surface area contributed by atoms with Crippen LogP contribution in [0.5, 0.6) is 5.75 Å². The van der Waals surface area contributed by atoms with Gasteiger partial charge in [-0.2, -0.15) is 0 Å². The third kappa shape index (κ3) is 4.49. The minimum Gasteiger partial charge on any atom is -0.489 e. The Balaban J connectivity index is 2.01. The number of aryl methyl sites for hydroxylation is 1. The van der Waals surface area contributed by atoms with Crippen LogP contribution in [-0.2, 0) is 6.61 Å². The number of thiocarbonyl (C=S) groups is 1. The summed E-state index contributed by atoms with van der Waals surface area (Å²) in [5.41, 5.74) is 14.8. The van der Waals surface area contributed by atoms with Crippen molar-refractivity contribution in [3.63, 3.8) is 0 Å². The zero-order valence-corrected chi connectivity index (χ0v) is 13.2. The molecule has 0 fully saturated rings. The van der Waals surface area contributed by atoms with Crippen LogP contribution in [0.2, 0.25) is 0 Å². The van der Waals surface area contributed by atoms with E-state index in [9.17, 15) is 0 Å². The van der Waals surface area contributed by atoms with Crippen molar-refractivity contribution in [2.24, 2.45) is 5.73 Å². The van der Waals surface area contributed by atoms with Crippen LogP contribution in [0.1, 0.15) is 16.7 Å². The summed E-state index contributed by atoms with van der Waals surface area (Å²) < 4.78 is 5.85. The molecular formula is C17H19N3OS. The summed E-state index contributed by atoms with van der Waals surface area (Å²) in [6.07, 6.45) is 0. The third-order valence-electron chi connectivity index (χ3n) is 3.17. The van der Waals surface area contributed by atoms with Crippen LogP contribution in [0.25, 0.3) is 5.70 Å². The molecule has 0 saturated heterocycles. The van der Waals surface area contributed by atoms with E-state index in [-0.39, 0.29) is 5.11 Å². The van der Waals surface area contributed by atoms with Gasteiger partial charge in [0.15, 0.2) is 5.11 Å². The van der Waals surface area contributed by atoms with E-state index in [1.165, 1.54) is 11.1 Å². The van der Waals surface area contributed by atoms with Gasteiger partial charge in [-0.15, -0.1) is 0 Å². The number of ether oxygens (including phenoxy) is 1. The van der Waals surface area contributed by atoms with E-state index in [2.05, 4.69) is 36.5 Å². The van der Waals surface area contributed by atoms with Gasteiger partial charge in [-0.1, -0.05) is 43.0 Å². The van der Waals surface area contributed by atoms with Crippen LogP contribution < -0.4 is 21.3 Å². The van der Waals surface area contributed by atoms with Crippen molar-refractivity contribution in [1.29, 1.82) is 0 Å². The molecule has 4 N–H and O–H groups in total. The maximum Gasteiger partial charge on any atom is 0.182 e. The van der Waals surface area contributed by atoms with Crippen LogP contribution in [-0.4, -0.2) is 5.11 Å². The molecule has 4 nitrogen and oxygen atoms in total. The summed E-state index contributed by atoms with van der Waals surface area (Å²) in [6.45, 7) is 6.53. The van der Waals surface area contributed by atoms with Crippen LogP contribution in [0.15, 0.2) is 55.1 Å². The van der Waals surface area contributed by atoms with Crippen LogP contribution in [0.4, 0.5) is 0 Å². The molecule has 2 aromatic rings. The highest BCUT2D eigenvalue weighted by Gasteiger charge is 2.03. The molecule has 0 radical (unpaired) electrons. The highest BCUT2D eigenvalue weighted by molar-refractivity contribution is 7.80. The van der Waals surface area contributed by atoms with Crippen LogP contribution >= 0.6 is 12.2 Å². The molecule has 0 aliphatic rings. The number of nitrogens with two attached hydrogens (primary N) is 1. The van der Waals surface area contributed by atoms with E-state index >= 15 is 0 Å². The zero-order valence-electron chi connectivity index (χ0n) is 12.4. The first-order chi connectivity index (χ1) is 10.6. The Morgan fingerprint density at radius 2 is 1.95 bits per heavy atom. The van der Waals surface area contributed by atoms with Gasteiger partial charge >= 0.3 is 0 Å². The molecule has 0 amide bonds. The Morgan fingerprint density at radius 1 is 1.18 bits per heavy atom. The Bertz CT molecular complexity index is 685. The van der Waals surface area contributed by atoms with Crippen molar-refractivity contribution in [3.8, 4) is 5.75 Å². The summed E-state index contributed by atoms with van der Waals surface area (Å²) in [7, 11) is 0. The standard InChI is InChI=1S/C17H19N3OS/c1-12-6-3-4-7-15(12)11-21-16-9-5-8-14(10-16)13(2)19-20-17(18)22/h3-10,19H,2,11H2,1H3,(H3,18,20,22). The van der Waals surface area contributed by atoms with Gasteiger partial charge < -0.3 is 10.5 Å². The first-order valence-corrected chi connectivity index (χ1v) is 7.25. The lowest BCUT2D eigenvalue weighted by Crippen LogP contribution is -2.39. The minimum absolute atomic E-state index is 0.160. The van der Waals surface area contributed by atoms with Crippen molar-refractivity contribution in [2.45, 2.75) is 13.5 Å². The van der Waals surface area contributed by atoms with Crippen molar-refractivity contribution >= 4 is 23.0 Å². The number of benzene rings is 2. The number of hydrazine groups is 1. The molecule has 0 aliphatic heterocycles. The van der Waals surface area contributed by atoms with Gasteiger partial charge in [0.25, 0.3) is 0 Å². The molecule has 5 heteroatoms. The number of hydrogen-bond acceptors (Lipinski definition) is 3. The molecule has 0 atom stereocenters. The SMILES string of the molecule is C=C(NNC(N)=S)c1cccc(OCc2ccccc2C)c1. The Labute approximate surface area is 136 Å². The fourth-order valence-electron chi connectivity index (χ4n) is 1.92. The Hall–Kier alpha value is -2.53. The van der Waals surface area contributed by atoms with Gasteiger partial charge in [-0.3, -0.25) is 10.9 Å². The van der Waals surface area contributed by atoms with Crippen molar-refractivity contribution in [1.82, 2.24) is 10.9 Å². The fraction of sp³-hybridized carbons (Fsp3) is 0.118. The van der Waals surface area contributed by atoms with E-state index in [1.807, 2.05) is 36.4 Å². The molecule has 2 rings (SSSR count). The van der Waals surface area contributed by atoms with Crippen LogP contribution in [0.3, 0.4) is 0 Å². The monoisotopic (exact) mass is 313 g/mol. The third-order valence-corrected chi connectivity index (χ3v) is 3.28. The number of nitrogens with one attached hydrogen (secondary N) is 2. The molecule has 22 heavy (non-hydrogen) atoms. The van der Waals surface area contributed by atoms with Gasteiger partial charge in [-0.05, 0) is 42.4 Å². The van der Waals surface area contributed by atoms with E-state index < -0.39 is 0 Å². The highest BCUT2D eigenvalue weighted by atomic mass is 32.1. The molecule has 0 spiro atoms. The molecule has 114 valence electrons. The van der Waals surface area contributed by atoms with Gasteiger partial charge in [0, 0.05) is 5.56 Å². The van der Waals surface area contributed by atoms with E-state index in [0.717, 1.165) is 11.3 Å². The number of hydrogen-bond donors (Lipinski definition) is 3. The predicted octanol–water partition coefficient (Wildman–Crippen LogP) is 2.88. The smallest absolute Gasteiger partial charge is 0.182 e. The zero-order chi connectivity index (χ0) is 15.9. The molecular weight excluding hydrogens is 294 g/mol. The highest BCUT2D eigenvalue weighted by Crippen LogP contribution is 2.19. The summed E-state index contributed by atoms with van der Waals surface area (Å²) in [6, 6.07) is 15.8. The molecule has 0 heterocycles. The lowest BCUT2D eigenvalue weighted by Gasteiger charge is -2.13. The maximum atomic E-state index is 5.85. The van der Waals surface area contributed by atoms with Gasteiger partial charge in [-0.25, -0.2) is 0 Å². The average Bonchev–Trinajstić information content (AvgIpc) is 2.52.